The Hall–Kier alpha value is -4.98. The first-order valence-corrected chi connectivity index (χ1v) is 15.0. The zero-order valence-corrected chi connectivity index (χ0v) is 26.1. The Kier molecular flexibility index (Phi) is 9.56. The van der Waals surface area contributed by atoms with Crippen LogP contribution in [0.1, 0.15) is 42.8 Å². The van der Waals surface area contributed by atoms with Gasteiger partial charge in [-0.3, -0.25) is 4.57 Å². The lowest BCUT2D eigenvalue weighted by atomic mass is 10.0. The highest BCUT2D eigenvalue weighted by atomic mass is 32.1. The summed E-state index contributed by atoms with van der Waals surface area (Å²) in [6.45, 7) is 5.80. The molecule has 3 aromatic carbocycles. The summed E-state index contributed by atoms with van der Waals surface area (Å²) in [5.41, 5.74) is 4.22. The van der Waals surface area contributed by atoms with Crippen molar-refractivity contribution in [2.75, 3.05) is 13.7 Å². The number of rotatable bonds is 9. The number of nitrogens with zero attached hydrogens (tertiary/aromatic N) is 5. The Morgan fingerprint density at radius 3 is 2.39 bits per heavy atom. The van der Waals surface area contributed by atoms with E-state index in [-0.39, 0.29) is 18.2 Å². The van der Waals surface area contributed by atoms with Crippen molar-refractivity contribution in [2.45, 2.75) is 39.2 Å². The molecule has 5 aromatic rings. The summed E-state index contributed by atoms with van der Waals surface area (Å²) in [7, 11) is 1.59. The summed E-state index contributed by atoms with van der Waals surface area (Å²) in [4.78, 5) is 21.7. The Labute approximate surface area is 265 Å². The van der Waals surface area contributed by atoms with Gasteiger partial charge in [0.2, 0.25) is 0 Å². The second kappa shape index (κ2) is 13.6. The third-order valence-electron chi connectivity index (χ3n) is 6.97. The number of methoxy groups -OCH3 is 1. The average molecular weight is 655 g/mol. The highest BCUT2D eigenvalue weighted by molar-refractivity contribution is 7.07. The third-order valence-corrected chi connectivity index (χ3v) is 7.91. The molecule has 2 amide bonds. The molecule has 240 valence electrons. The topological polar surface area (TPSA) is 95.6 Å². The molecular weight excluding hydrogens is 624 g/mol. The molecule has 0 aliphatic carbocycles. The van der Waals surface area contributed by atoms with Crippen LogP contribution in [0.2, 0.25) is 0 Å². The number of hydrogen-bond donors (Lipinski definition) is 1. The van der Waals surface area contributed by atoms with Gasteiger partial charge in [0.05, 0.1) is 25.0 Å². The lowest BCUT2D eigenvalue weighted by Crippen LogP contribution is -2.27. The van der Waals surface area contributed by atoms with E-state index in [2.05, 4.69) is 39.0 Å². The Balaban J connectivity index is 1.24. The van der Waals surface area contributed by atoms with Crippen LogP contribution < -0.4 is 19.6 Å². The number of aryl methyl sites for hydroxylation is 1. The predicted molar refractivity (Wildman–Crippen MR) is 165 cm³/mol. The second-order valence-electron chi connectivity index (χ2n) is 10.5. The Morgan fingerprint density at radius 2 is 1.74 bits per heavy atom. The van der Waals surface area contributed by atoms with E-state index in [1.54, 1.807) is 31.4 Å². The van der Waals surface area contributed by atoms with Gasteiger partial charge >= 0.3 is 12.4 Å². The summed E-state index contributed by atoms with van der Waals surface area (Å²) in [5.74, 6) is 0.871. The first kappa shape index (κ1) is 32.4. The van der Waals surface area contributed by atoms with Gasteiger partial charge in [-0.25, -0.2) is 18.9 Å². The van der Waals surface area contributed by atoms with Gasteiger partial charge in [0.1, 0.15) is 24.0 Å². The van der Waals surface area contributed by atoms with Gasteiger partial charge in [0.15, 0.2) is 10.6 Å². The smallest absolute Gasteiger partial charge is 0.497 e. The number of carbonyl (C=O) groups excluding carboxylic acids is 1. The van der Waals surface area contributed by atoms with Crippen LogP contribution in [-0.4, -0.2) is 45.4 Å². The van der Waals surface area contributed by atoms with E-state index < -0.39 is 18.6 Å². The minimum atomic E-state index is -4.78. The van der Waals surface area contributed by atoms with Crippen molar-refractivity contribution in [2.24, 2.45) is 4.99 Å². The molecule has 0 fully saturated rings. The van der Waals surface area contributed by atoms with Crippen molar-refractivity contribution in [3.05, 3.63) is 100 Å². The van der Waals surface area contributed by atoms with Crippen LogP contribution in [0.15, 0.2) is 83.4 Å². The summed E-state index contributed by atoms with van der Waals surface area (Å²) in [5, 5.41) is 8.80. The van der Waals surface area contributed by atoms with Gasteiger partial charge < -0.3 is 14.8 Å². The molecule has 0 spiro atoms. The highest BCUT2D eigenvalue weighted by Gasteiger charge is 2.31. The zero-order chi connectivity index (χ0) is 33.0. The minimum Gasteiger partial charge on any atom is -0.497 e. The average Bonchev–Trinajstić information content (AvgIpc) is 3.66. The number of carbonyl (C=O) groups is 1. The molecule has 2 heterocycles. The van der Waals surface area contributed by atoms with Crippen molar-refractivity contribution in [1.29, 1.82) is 0 Å². The van der Waals surface area contributed by atoms with Crippen LogP contribution in [0.4, 0.5) is 22.4 Å². The van der Waals surface area contributed by atoms with E-state index in [0.29, 0.717) is 33.2 Å². The number of thiazole rings is 1. The number of ether oxygens (including phenoxy) is 2. The molecule has 9 nitrogen and oxygen atoms in total. The Bertz CT molecular complexity index is 1880. The molecule has 46 heavy (non-hydrogen) atoms. The van der Waals surface area contributed by atoms with Crippen molar-refractivity contribution in [3.63, 3.8) is 0 Å². The maximum atomic E-state index is 15.1. The molecule has 1 N–H and O–H groups in total. The maximum Gasteiger partial charge on any atom is 0.573 e. The van der Waals surface area contributed by atoms with E-state index in [9.17, 15) is 18.0 Å². The Morgan fingerprint density at radius 1 is 1.04 bits per heavy atom. The SMILES string of the molecule is COc1ccc(C(C)C)c(-n2c(C)cs/c2=N\C(=O)NCC(F)c2ccc(-c3ncn(-c4ccc(OC(F)(F)F)cc4)n3)cc2)c1. The molecule has 0 saturated heterocycles. The number of amides is 2. The van der Waals surface area contributed by atoms with Gasteiger partial charge in [-0.15, -0.1) is 29.6 Å². The molecule has 0 aliphatic heterocycles. The summed E-state index contributed by atoms with van der Waals surface area (Å²) in [6, 6.07) is 16.7. The number of hydrogen-bond acceptors (Lipinski definition) is 6. The van der Waals surface area contributed by atoms with Crippen LogP contribution >= 0.6 is 11.3 Å². The number of aromatic nitrogens is 4. The summed E-state index contributed by atoms with van der Waals surface area (Å²) in [6.07, 6.45) is -4.87. The molecule has 0 aliphatic rings. The normalized spacial score (nSPS) is 12.8. The monoisotopic (exact) mass is 654 g/mol. The van der Waals surface area contributed by atoms with Crippen LogP contribution in [-0.2, 0) is 0 Å². The van der Waals surface area contributed by atoms with Crippen molar-refractivity contribution >= 4 is 17.4 Å². The summed E-state index contributed by atoms with van der Waals surface area (Å²) >= 11 is 1.31. The number of benzene rings is 3. The van der Waals surface area contributed by atoms with Gasteiger partial charge in [-0.1, -0.05) is 44.2 Å². The van der Waals surface area contributed by atoms with E-state index in [1.165, 1.54) is 46.6 Å². The van der Waals surface area contributed by atoms with Crippen LogP contribution in [0.5, 0.6) is 11.5 Å². The molecule has 5 rings (SSSR count). The molecule has 1 atom stereocenters. The second-order valence-corrected chi connectivity index (χ2v) is 11.4. The summed E-state index contributed by atoms with van der Waals surface area (Å²) < 4.78 is 64.9. The molecular formula is C32H30F4N6O3S. The van der Waals surface area contributed by atoms with E-state index >= 15 is 4.39 Å². The fourth-order valence-corrected chi connectivity index (χ4v) is 5.54. The largest absolute Gasteiger partial charge is 0.573 e. The first-order valence-electron chi connectivity index (χ1n) is 14.1. The van der Waals surface area contributed by atoms with Crippen molar-refractivity contribution < 1.29 is 31.8 Å². The fraction of sp³-hybridized carbons (Fsp3) is 0.250. The zero-order valence-electron chi connectivity index (χ0n) is 25.2. The molecule has 0 radical (unpaired) electrons. The van der Waals surface area contributed by atoms with Gasteiger partial charge in [0.25, 0.3) is 0 Å². The van der Waals surface area contributed by atoms with Crippen molar-refractivity contribution in [1.82, 2.24) is 24.6 Å². The number of alkyl halides is 4. The maximum absolute atomic E-state index is 15.1. The fourth-order valence-electron chi connectivity index (χ4n) is 4.68. The number of nitrogens with one attached hydrogen (secondary N) is 1. The van der Waals surface area contributed by atoms with Crippen LogP contribution in [0.25, 0.3) is 22.8 Å². The van der Waals surface area contributed by atoms with Crippen LogP contribution in [0, 0.1) is 6.92 Å². The van der Waals surface area contributed by atoms with E-state index in [1.807, 2.05) is 35.1 Å². The van der Waals surface area contributed by atoms with Crippen molar-refractivity contribution in [3.8, 4) is 34.3 Å². The highest BCUT2D eigenvalue weighted by Crippen LogP contribution is 2.28. The third kappa shape index (κ3) is 7.62. The predicted octanol–water partition coefficient (Wildman–Crippen LogP) is 7.45. The van der Waals surface area contributed by atoms with Gasteiger partial charge in [0, 0.05) is 22.7 Å². The molecule has 0 saturated carbocycles. The lowest BCUT2D eigenvalue weighted by Gasteiger charge is -2.16. The van der Waals surface area contributed by atoms with Gasteiger partial charge in [-0.2, -0.15) is 4.99 Å². The number of halogens is 4. The van der Waals surface area contributed by atoms with E-state index in [0.717, 1.165) is 16.9 Å². The molecule has 14 heteroatoms. The van der Waals surface area contributed by atoms with Crippen LogP contribution in [0.3, 0.4) is 0 Å². The quantitative estimate of drug-likeness (QED) is 0.167. The molecule has 1 unspecified atom stereocenters. The number of urea groups is 1. The standard InChI is InChI=1S/C32H30F4N6O3S/c1-19(2)26-14-13-25(44-4)15-28(26)42-20(3)17-46-31(42)39-30(43)37-16-27(33)21-5-7-22(8-6-21)29-38-18-41(40-29)23-9-11-24(12-10-23)45-32(34,35)36/h5-15,17-19,27H,16H2,1-4H3,(H,37,43)/b39-31-. The lowest BCUT2D eigenvalue weighted by molar-refractivity contribution is -0.274. The first-order chi connectivity index (χ1) is 21.9. The van der Waals surface area contributed by atoms with E-state index in [4.69, 9.17) is 4.74 Å². The minimum absolute atomic E-state index is 0.210. The molecule has 0 bridgehead atoms. The van der Waals surface area contributed by atoms with Gasteiger partial charge in [-0.05, 0) is 54.3 Å². The molecule has 2 aromatic heterocycles.